The van der Waals surface area contributed by atoms with Crippen molar-refractivity contribution in [3.05, 3.63) is 60.2 Å². The Balaban J connectivity index is 2.21. The molecule has 2 aromatic carbocycles. The van der Waals surface area contributed by atoms with Gasteiger partial charge in [0.05, 0.1) is 17.3 Å². The van der Waals surface area contributed by atoms with Gasteiger partial charge in [-0.25, -0.2) is 8.42 Å². The van der Waals surface area contributed by atoms with Gasteiger partial charge in [0, 0.05) is 20.2 Å². The standard InChI is InChI=1S/C18H23NO6S2/c1-3-26(20,21)25-17-11-9-16(10-12-17)15-19(13-14-24-2)27(22,23)18-7-5-4-6-8-18/h4-12H,3,13-15H2,1-2H3. The van der Waals surface area contributed by atoms with Crippen LogP contribution in [0.15, 0.2) is 59.5 Å². The number of nitrogens with zero attached hydrogens (tertiary/aromatic N) is 1. The van der Waals surface area contributed by atoms with Gasteiger partial charge in [-0.15, -0.1) is 0 Å². The number of methoxy groups -OCH3 is 1. The molecule has 148 valence electrons. The van der Waals surface area contributed by atoms with E-state index < -0.39 is 20.1 Å². The SMILES string of the molecule is CCS(=O)(=O)Oc1ccc(CN(CCOC)S(=O)(=O)c2ccccc2)cc1. The summed E-state index contributed by atoms with van der Waals surface area (Å²) < 4.78 is 60.1. The Morgan fingerprint density at radius 2 is 1.56 bits per heavy atom. The predicted octanol–water partition coefficient (Wildman–Crippen LogP) is 2.25. The highest BCUT2D eigenvalue weighted by molar-refractivity contribution is 7.89. The van der Waals surface area contributed by atoms with Gasteiger partial charge < -0.3 is 8.92 Å². The number of hydrogen-bond donors (Lipinski definition) is 0. The summed E-state index contributed by atoms with van der Waals surface area (Å²) in [7, 11) is -5.78. The van der Waals surface area contributed by atoms with Crippen LogP contribution < -0.4 is 4.18 Å². The number of benzene rings is 2. The van der Waals surface area contributed by atoms with Crippen LogP contribution in [0, 0.1) is 0 Å². The first-order valence-corrected chi connectivity index (χ1v) is 11.4. The Morgan fingerprint density at radius 3 is 2.11 bits per heavy atom. The molecule has 0 aliphatic rings. The molecular weight excluding hydrogens is 390 g/mol. The smallest absolute Gasteiger partial charge is 0.308 e. The summed E-state index contributed by atoms with van der Waals surface area (Å²) in [6.45, 7) is 2.06. The minimum Gasteiger partial charge on any atom is -0.383 e. The van der Waals surface area contributed by atoms with E-state index in [1.807, 2.05) is 0 Å². The fraction of sp³-hybridized carbons (Fsp3) is 0.333. The molecular formula is C18H23NO6S2. The fourth-order valence-electron chi connectivity index (χ4n) is 2.28. The van der Waals surface area contributed by atoms with Crippen molar-refractivity contribution < 1.29 is 25.8 Å². The van der Waals surface area contributed by atoms with Gasteiger partial charge in [-0.1, -0.05) is 30.3 Å². The number of ether oxygens (including phenoxy) is 1. The topological polar surface area (TPSA) is 90.0 Å². The Hall–Kier alpha value is -1.94. The third kappa shape index (κ3) is 6.03. The monoisotopic (exact) mass is 413 g/mol. The molecule has 0 spiro atoms. The third-order valence-electron chi connectivity index (χ3n) is 3.78. The van der Waals surface area contributed by atoms with Crippen LogP contribution in [0.1, 0.15) is 12.5 Å². The minimum absolute atomic E-state index is 0.126. The Kier molecular flexibility index (Phi) is 7.37. The van der Waals surface area contributed by atoms with E-state index in [2.05, 4.69) is 0 Å². The molecule has 0 heterocycles. The molecule has 0 N–H and O–H groups in total. The molecule has 27 heavy (non-hydrogen) atoms. The first kappa shape index (κ1) is 21.4. The van der Waals surface area contributed by atoms with Crippen LogP contribution in [0.3, 0.4) is 0 Å². The third-order valence-corrected chi connectivity index (χ3v) is 6.80. The summed E-state index contributed by atoms with van der Waals surface area (Å²) in [5.74, 6) is 0.0597. The average Bonchev–Trinajstić information content (AvgIpc) is 2.66. The lowest BCUT2D eigenvalue weighted by molar-refractivity contribution is 0.177. The van der Waals surface area contributed by atoms with Crippen LogP contribution in [0.4, 0.5) is 0 Å². The van der Waals surface area contributed by atoms with Gasteiger partial charge in [0.25, 0.3) is 0 Å². The zero-order valence-corrected chi connectivity index (χ0v) is 16.9. The van der Waals surface area contributed by atoms with Crippen LogP contribution in [-0.2, 0) is 31.4 Å². The molecule has 0 aliphatic heterocycles. The van der Waals surface area contributed by atoms with Gasteiger partial charge in [0.1, 0.15) is 5.75 Å². The normalized spacial score (nSPS) is 12.3. The molecule has 0 atom stereocenters. The van der Waals surface area contributed by atoms with Crippen molar-refractivity contribution in [2.24, 2.45) is 0 Å². The summed E-state index contributed by atoms with van der Waals surface area (Å²) in [6, 6.07) is 14.5. The van der Waals surface area contributed by atoms with Crippen molar-refractivity contribution in [1.82, 2.24) is 4.31 Å². The van der Waals surface area contributed by atoms with Crippen LogP contribution in [-0.4, -0.2) is 47.2 Å². The van der Waals surface area contributed by atoms with Crippen LogP contribution in [0.2, 0.25) is 0 Å². The Labute approximate surface area is 160 Å². The number of rotatable bonds is 10. The summed E-state index contributed by atoms with van der Waals surface area (Å²) in [5, 5.41) is 0. The number of sulfonamides is 1. The van der Waals surface area contributed by atoms with Crippen LogP contribution in [0.25, 0.3) is 0 Å². The highest BCUT2D eigenvalue weighted by Gasteiger charge is 2.24. The van der Waals surface area contributed by atoms with E-state index in [0.29, 0.717) is 5.56 Å². The maximum atomic E-state index is 12.9. The maximum Gasteiger partial charge on any atom is 0.308 e. The van der Waals surface area contributed by atoms with Gasteiger partial charge in [0.15, 0.2) is 0 Å². The summed E-state index contributed by atoms with van der Waals surface area (Å²) in [6.07, 6.45) is 0. The fourth-order valence-corrected chi connectivity index (χ4v) is 4.23. The maximum absolute atomic E-state index is 12.9. The van der Waals surface area contributed by atoms with Crippen molar-refractivity contribution in [3.63, 3.8) is 0 Å². The van der Waals surface area contributed by atoms with Crippen molar-refractivity contribution in [2.75, 3.05) is 26.0 Å². The second kappa shape index (κ2) is 9.32. The summed E-state index contributed by atoms with van der Waals surface area (Å²) >= 11 is 0. The zero-order valence-electron chi connectivity index (χ0n) is 15.2. The van der Waals surface area contributed by atoms with Crippen molar-refractivity contribution in [3.8, 4) is 5.75 Å². The molecule has 0 saturated carbocycles. The second-order valence-electron chi connectivity index (χ2n) is 5.72. The molecule has 0 amide bonds. The first-order valence-electron chi connectivity index (χ1n) is 8.33. The second-order valence-corrected chi connectivity index (χ2v) is 9.52. The van der Waals surface area contributed by atoms with E-state index in [4.69, 9.17) is 8.92 Å². The van der Waals surface area contributed by atoms with E-state index in [1.165, 1.54) is 30.5 Å². The lowest BCUT2D eigenvalue weighted by Gasteiger charge is -2.22. The molecule has 7 nitrogen and oxygen atoms in total. The summed E-state index contributed by atoms with van der Waals surface area (Å²) in [4.78, 5) is 0.204. The highest BCUT2D eigenvalue weighted by Crippen LogP contribution is 2.20. The van der Waals surface area contributed by atoms with E-state index in [-0.39, 0.29) is 36.1 Å². The van der Waals surface area contributed by atoms with Crippen LogP contribution in [0.5, 0.6) is 5.75 Å². The van der Waals surface area contributed by atoms with E-state index in [9.17, 15) is 16.8 Å². The Morgan fingerprint density at radius 1 is 0.926 bits per heavy atom. The number of hydrogen-bond acceptors (Lipinski definition) is 6. The minimum atomic E-state index is -3.69. The molecule has 0 radical (unpaired) electrons. The molecule has 0 unspecified atom stereocenters. The highest BCUT2D eigenvalue weighted by atomic mass is 32.2. The summed E-state index contributed by atoms with van der Waals surface area (Å²) in [5.41, 5.74) is 0.701. The van der Waals surface area contributed by atoms with E-state index in [0.717, 1.165) is 0 Å². The predicted molar refractivity (Wildman–Crippen MR) is 102 cm³/mol. The van der Waals surface area contributed by atoms with Crippen molar-refractivity contribution >= 4 is 20.1 Å². The molecule has 0 saturated heterocycles. The molecule has 0 aliphatic carbocycles. The average molecular weight is 414 g/mol. The molecule has 0 bridgehead atoms. The van der Waals surface area contributed by atoms with Crippen LogP contribution >= 0.6 is 0 Å². The zero-order chi connectivity index (χ0) is 19.9. The molecule has 0 aromatic heterocycles. The van der Waals surface area contributed by atoms with Gasteiger partial charge in [-0.3, -0.25) is 0 Å². The van der Waals surface area contributed by atoms with Gasteiger partial charge >= 0.3 is 10.1 Å². The quantitative estimate of drug-likeness (QED) is 0.555. The van der Waals surface area contributed by atoms with Gasteiger partial charge in [-0.2, -0.15) is 12.7 Å². The molecule has 2 rings (SSSR count). The first-order chi connectivity index (χ1) is 12.8. The molecule has 9 heteroatoms. The lowest BCUT2D eigenvalue weighted by atomic mass is 10.2. The van der Waals surface area contributed by atoms with E-state index >= 15 is 0 Å². The largest absolute Gasteiger partial charge is 0.383 e. The van der Waals surface area contributed by atoms with Gasteiger partial charge in [0.2, 0.25) is 10.0 Å². The van der Waals surface area contributed by atoms with Crippen molar-refractivity contribution in [1.29, 1.82) is 0 Å². The van der Waals surface area contributed by atoms with Crippen molar-refractivity contribution in [2.45, 2.75) is 18.4 Å². The Bertz CT molecular complexity index is 926. The molecule has 0 fully saturated rings. The van der Waals surface area contributed by atoms with Gasteiger partial charge in [-0.05, 0) is 36.8 Å². The molecule has 2 aromatic rings. The van der Waals surface area contributed by atoms with E-state index in [1.54, 1.807) is 42.5 Å². The lowest BCUT2D eigenvalue weighted by Crippen LogP contribution is -2.33.